The van der Waals surface area contributed by atoms with Crippen LogP contribution in [0.3, 0.4) is 0 Å². The van der Waals surface area contributed by atoms with Gasteiger partial charge in [0.2, 0.25) is 0 Å². The molecule has 7 heteroatoms. The molecule has 1 fully saturated rings. The fraction of sp³-hybridized carbons (Fsp3) is 0.774. The van der Waals surface area contributed by atoms with Crippen LogP contribution in [-0.2, 0) is 11.2 Å². The Morgan fingerprint density at radius 3 is 2.55 bits per heavy atom. The van der Waals surface area contributed by atoms with Crippen LogP contribution < -0.4 is 0 Å². The third-order valence-electron chi connectivity index (χ3n) is 9.06. The first kappa shape index (κ1) is 30.9. The molecule has 0 aliphatic heterocycles. The van der Waals surface area contributed by atoms with E-state index in [0.29, 0.717) is 31.6 Å². The highest BCUT2D eigenvalue weighted by Gasteiger charge is 2.45. The Bertz CT molecular complexity index is 841. The average Bonchev–Trinajstić information content (AvgIpc) is 3.48. The van der Waals surface area contributed by atoms with Crippen LogP contribution in [0.2, 0.25) is 0 Å². The van der Waals surface area contributed by atoms with Crippen molar-refractivity contribution in [3.05, 3.63) is 36.2 Å². The van der Waals surface area contributed by atoms with Crippen molar-refractivity contribution in [1.29, 1.82) is 0 Å². The Hall–Kier alpha value is -1.67. The number of hydrogen-bond donors (Lipinski definition) is 6. The molecular weight excluding hydrogens is 482 g/mol. The van der Waals surface area contributed by atoms with Gasteiger partial charge in [-0.05, 0) is 81.3 Å². The summed E-state index contributed by atoms with van der Waals surface area (Å²) in [5.74, 6) is -1.07. The molecule has 0 radical (unpaired) electrons. The van der Waals surface area contributed by atoms with Crippen LogP contribution in [0.15, 0.2) is 30.6 Å². The van der Waals surface area contributed by atoms with E-state index in [1.807, 2.05) is 18.5 Å². The first-order valence-corrected chi connectivity index (χ1v) is 15.0. The summed E-state index contributed by atoms with van der Waals surface area (Å²) < 4.78 is 0. The molecule has 1 aromatic rings. The summed E-state index contributed by atoms with van der Waals surface area (Å²) in [6.07, 6.45) is 17.5. The number of carboxylic acids is 1. The molecule has 0 spiro atoms. The zero-order valence-electron chi connectivity index (χ0n) is 23.2. The van der Waals surface area contributed by atoms with Gasteiger partial charge in [0.25, 0.3) is 0 Å². The predicted molar refractivity (Wildman–Crippen MR) is 149 cm³/mol. The Morgan fingerprint density at radius 2 is 1.87 bits per heavy atom. The second-order valence-electron chi connectivity index (χ2n) is 12.1. The van der Waals surface area contributed by atoms with Gasteiger partial charge >= 0.3 is 5.97 Å². The van der Waals surface area contributed by atoms with Gasteiger partial charge in [-0.15, -0.1) is 0 Å². The second kappa shape index (κ2) is 15.2. The largest absolute Gasteiger partial charge is 0.481 e. The van der Waals surface area contributed by atoms with E-state index in [4.69, 9.17) is 0 Å². The number of aliphatic hydroxyl groups excluding tert-OH is 3. The molecule has 1 heterocycles. The average molecular weight is 534 g/mol. The van der Waals surface area contributed by atoms with Gasteiger partial charge < -0.3 is 30.5 Å². The normalized spacial score (nSPS) is 30.9. The third kappa shape index (κ3) is 9.22. The molecule has 1 saturated carbocycles. The Labute approximate surface area is 228 Å². The fourth-order valence-electron chi connectivity index (χ4n) is 6.65. The van der Waals surface area contributed by atoms with Crippen molar-refractivity contribution in [2.24, 2.45) is 23.7 Å². The molecule has 7 nitrogen and oxygen atoms in total. The maximum absolute atomic E-state index is 11.9. The molecule has 0 amide bonds. The highest BCUT2D eigenvalue weighted by atomic mass is 16.4. The van der Waals surface area contributed by atoms with Crippen LogP contribution in [0.5, 0.6) is 0 Å². The first-order valence-electron chi connectivity index (χ1n) is 15.0. The van der Waals surface area contributed by atoms with Crippen molar-refractivity contribution >= 4 is 5.97 Å². The molecule has 2 aliphatic rings. The van der Waals surface area contributed by atoms with Crippen LogP contribution >= 0.6 is 0 Å². The van der Waals surface area contributed by atoms with Gasteiger partial charge in [0, 0.05) is 18.3 Å². The van der Waals surface area contributed by atoms with Crippen molar-refractivity contribution < 1.29 is 30.3 Å². The lowest BCUT2D eigenvalue weighted by atomic mass is 9.81. The molecular formula is C31H51NO6. The molecule has 8 atom stereocenters. The van der Waals surface area contributed by atoms with Gasteiger partial charge in [-0.25, -0.2) is 0 Å². The minimum absolute atomic E-state index is 0.153. The highest BCUT2D eigenvalue weighted by Crippen LogP contribution is 2.40. The van der Waals surface area contributed by atoms with Crippen molar-refractivity contribution in [2.45, 2.75) is 127 Å². The van der Waals surface area contributed by atoms with Crippen LogP contribution in [-0.4, -0.2) is 60.4 Å². The third-order valence-corrected chi connectivity index (χ3v) is 9.06. The van der Waals surface area contributed by atoms with Crippen molar-refractivity contribution in [1.82, 2.24) is 4.98 Å². The monoisotopic (exact) mass is 533 g/mol. The zero-order chi connectivity index (χ0) is 27.5. The SMILES string of the molecule is CCCCCC1C=CC(CCCCCC(C(=O)O)C(O)CCC2(O)CC(Cc3cc[nH]c3)CC2O)C(O)C1. The molecule has 1 aromatic heterocycles. The van der Waals surface area contributed by atoms with E-state index in [0.717, 1.165) is 44.1 Å². The topological polar surface area (TPSA) is 134 Å². The fourth-order valence-corrected chi connectivity index (χ4v) is 6.65. The summed E-state index contributed by atoms with van der Waals surface area (Å²) in [6.45, 7) is 2.20. The summed E-state index contributed by atoms with van der Waals surface area (Å²) in [6, 6.07) is 1.99. The highest BCUT2D eigenvalue weighted by molar-refractivity contribution is 5.70. The number of aromatic amines is 1. The minimum atomic E-state index is -1.28. The minimum Gasteiger partial charge on any atom is -0.481 e. The number of carboxylic acid groups (broad SMARTS) is 1. The number of aliphatic carboxylic acids is 1. The summed E-state index contributed by atoms with van der Waals surface area (Å²) in [4.78, 5) is 14.9. The summed E-state index contributed by atoms with van der Waals surface area (Å²) in [5, 5.41) is 52.5. The maximum atomic E-state index is 11.9. The first-order chi connectivity index (χ1) is 18.2. The summed E-state index contributed by atoms with van der Waals surface area (Å²) >= 11 is 0. The molecule has 3 rings (SSSR count). The summed E-state index contributed by atoms with van der Waals surface area (Å²) in [7, 11) is 0. The van der Waals surface area contributed by atoms with Gasteiger partial charge in [-0.1, -0.05) is 57.6 Å². The number of H-pyrrole nitrogens is 1. The lowest BCUT2D eigenvalue weighted by Crippen LogP contribution is -2.39. The lowest BCUT2D eigenvalue weighted by Gasteiger charge is -2.29. The molecule has 0 saturated heterocycles. The molecule has 0 aromatic carbocycles. The van der Waals surface area contributed by atoms with E-state index < -0.39 is 29.7 Å². The lowest BCUT2D eigenvalue weighted by molar-refractivity contribution is -0.147. The maximum Gasteiger partial charge on any atom is 0.309 e. The molecule has 0 bridgehead atoms. The van der Waals surface area contributed by atoms with Gasteiger partial charge in [0.15, 0.2) is 0 Å². The number of hydrogen-bond acceptors (Lipinski definition) is 5. The van der Waals surface area contributed by atoms with E-state index in [1.165, 1.54) is 19.3 Å². The smallest absolute Gasteiger partial charge is 0.309 e. The van der Waals surface area contributed by atoms with E-state index in [-0.39, 0.29) is 30.8 Å². The van der Waals surface area contributed by atoms with E-state index in [9.17, 15) is 30.3 Å². The zero-order valence-corrected chi connectivity index (χ0v) is 23.2. The number of unbranched alkanes of at least 4 members (excludes halogenated alkanes) is 4. The number of nitrogens with one attached hydrogen (secondary N) is 1. The Morgan fingerprint density at radius 1 is 1.08 bits per heavy atom. The molecule has 216 valence electrons. The summed E-state index contributed by atoms with van der Waals surface area (Å²) in [5.41, 5.74) is -0.146. The quantitative estimate of drug-likeness (QED) is 0.123. The number of aromatic nitrogens is 1. The van der Waals surface area contributed by atoms with Crippen LogP contribution in [0.25, 0.3) is 0 Å². The molecule has 38 heavy (non-hydrogen) atoms. The van der Waals surface area contributed by atoms with Crippen LogP contribution in [0, 0.1) is 23.7 Å². The van der Waals surface area contributed by atoms with Gasteiger partial charge in [-0.2, -0.15) is 0 Å². The molecule has 2 aliphatic carbocycles. The van der Waals surface area contributed by atoms with Gasteiger partial charge in [-0.3, -0.25) is 4.79 Å². The predicted octanol–water partition coefficient (Wildman–Crippen LogP) is 4.99. The number of carbonyl (C=O) groups is 1. The Balaban J connectivity index is 1.36. The van der Waals surface area contributed by atoms with Crippen LogP contribution in [0.4, 0.5) is 0 Å². The van der Waals surface area contributed by atoms with Crippen LogP contribution in [0.1, 0.15) is 102 Å². The standard InChI is InChI=1S/C31H51NO6/c1-2-3-5-8-22-11-12-25(28(34)18-22)9-6-4-7-10-26(30(36)37)27(33)13-15-31(38)20-24(19-29(31)35)17-23-14-16-32-21-23/h11-12,14,16,21-22,24-29,32-35,38H,2-10,13,15,17-20H2,1H3,(H,36,37). The second-order valence-corrected chi connectivity index (χ2v) is 12.1. The number of allylic oxidation sites excluding steroid dienone is 1. The van der Waals surface area contributed by atoms with Crippen molar-refractivity contribution in [3.8, 4) is 0 Å². The van der Waals surface area contributed by atoms with Gasteiger partial charge in [0.1, 0.15) is 0 Å². The number of aliphatic hydroxyl groups is 4. The molecule has 8 unspecified atom stereocenters. The van der Waals surface area contributed by atoms with E-state index in [2.05, 4.69) is 24.1 Å². The van der Waals surface area contributed by atoms with E-state index in [1.54, 1.807) is 0 Å². The Kier molecular flexibility index (Phi) is 12.4. The van der Waals surface area contributed by atoms with Crippen molar-refractivity contribution in [2.75, 3.05) is 0 Å². The van der Waals surface area contributed by atoms with Crippen molar-refractivity contribution in [3.63, 3.8) is 0 Å². The number of rotatable bonds is 17. The van der Waals surface area contributed by atoms with E-state index >= 15 is 0 Å². The van der Waals surface area contributed by atoms with Gasteiger partial charge in [0.05, 0.1) is 29.8 Å². The molecule has 6 N–H and O–H groups in total.